The molecule has 100 valence electrons. The van der Waals surface area contributed by atoms with Crippen LogP contribution in [0.15, 0.2) is 12.4 Å². The van der Waals surface area contributed by atoms with Gasteiger partial charge in [-0.3, -0.25) is 9.58 Å². The van der Waals surface area contributed by atoms with E-state index >= 15 is 0 Å². The molecule has 1 aromatic heterocycles. The van der Waals surface area contributed by atoms with Gasteiger partial charge in [-0.05, 0) is 44.7 Å². The largest absolute Gasteiger partial charge is 0.314 e. The van der Waals surface area contributed by atoms with E-state index in [4.69, 9.17) is 0 Å². The molecule has 0 aliphatic carbocycles. The number of rotatable bonds is 3. The highest BCUT2D eigenvalue weighted by molar-refractivity contribution is 5.03. The molecule has 1 aromatic rings. The zero-order valence-electron chi connectivity index (χ0n) is 11.3. The maximum Gasteiger partial charge on any atom is 0.0534 e. The van der Waals surface area contributed by atoms with E-state index in [1.165, 1.54) is 50.9 Å². The van der Waals surface area contributed by atoms with Gasteiger partial charge < -0.3 is 5.32 Å². The molecule has 0 amide bonds. The molecule has 2 unspecified atom stereocenters. The van der Waals surface area contributed by atoms with Crippen molar-refractivity contribution in [3.63, 3.8) is 0 Å². The Morgan fingerprint density at radius 1 is 1.39 bits per heavy atom. The van der Waals surface area contributed by atoms with Gasteiger partial charge in [0.1, 0.15) is 0 Å². The van der Waals surface area contributed by atoms with E-state index in [0.29, 0.717) is 0 Å². The maximum atomic E-state index is 4.26. The minimum absolute atomic E-state index is 0.779. The molecule has 2 aliphatic rings. The summed E-state index contributed by atoms with van der Waals surface area (Å²) >= 11 is 0. The van der Waals surface area contributed by atoms with E-state index in [9.17, 15) is 0 Å². The van der Waals surface area contributed by atoms with Gasteiger partial charge in [0, 0.05) is 37.9 Å². The van der Waals surface area contributed by atoms with Crippen molar-refractivity contribution < 1.29 is 0 Å². The Balaban J connectivity index is 1.56. The van der Waals surface area contributed by atoms with Gasteiger partial charge in [0.2, 0.25) is 0 Å². The van der Waals surface area contributed by atoms with Crippen LogP contribution in [0.25, 0.3) is 0 Å². The van der Waals surface area contributed by atoms with Crippen LogP contribution < -0.4 is 5.32 Å². The number of aryl methyl sites for hydroxylation is 1. The fourth-order valence-electron chi connectivity index (χ4n) is 3.49. The van der Waals surface area contributed by atoms with Crippen LogP contribution in [0.1, 0.15) is 31.2 Å². The third kappa shape index (κ3) is 2.75. The highest BCUT2D eigenvalue weighted by Gasteiger charge is 2.28. The summed E-state index contributed by atoms with van der Waals surface area (Å²) in [5, 5.41) is 7.93. The summed E-state index contributed by atoms with van der Waals surface area (Å²) in [6.45, 7) is 4.80. The van der Waals surface area contributed by atoms with Gasteiger partial charge in [-0.1, -0.05) is 0 Å². The third-order valence-electron chi connectivity index (χ3n) is 4.37. The van der Waals surface area contributed by atoms with Crippen LogP contribution in [0, 0.1) is 5.92 Å². The van der Waals surface area contributed by atoms with Gasteiger partial charge in [0.05, 0.1) is 6.20 Å². The van der Waals surface area contributed by atoms with Crippen molar-refractivity contribution in [2.45, 2.75) is 38.3 Å². The Hall–Kier alpha value is -0.870. The first-order valence-corrected chi connectivity index (χ1v) is 7.24. The van der Waals surface area contributed by atoms with Crippen molar-refractivity contribution in [1.82, 2.24) is 20.0 Å². The van der Waals surface area contributed by atoms with Crippen molar-refractivity contribution in [3.05, 3.63) is 18.0 Å². The number of hydrogen-bond acceptors (Lipinski definition) is 3. The van der Waals surface area contributed by atoms with Crippen LogP contribution in [0.4, 0.5) is 0 Å². The summed E-state index contributed by atoms with van der Waals surface area (Å²) in [6, 6.07) is 0.779. The van der Waals surface area contributed by atoms with E-state index in [0.717, 1.165) is 18.5 Å². The summed E-state index contributed by atoms with van der Waals surface area (Å²) in [7, 11) is 1.99. The van der Waals surface area contributed by atoms with Gasteiger partial charge in [0.25, 0.3) is 0 Å². The van der Waals surface area contributed by atoms with Gasteiger partial charge >= 0.3 is 0 Å². The second-order valence-electron chi connectivity index (χ2n) is 5.86. The fourth-order valence-corrected chi connectivity index (χ4v) is 3.49. The molecular weight excluding hydrogens is 224 g/mol. The van der Waals surface area contributed by atoms with E-state index in [2.05, 4.69) is 21.5 Å². The summed E-state index contributed by atoms with van der Waals surface area (Å²) in [5.74, 6) is 0.859. The molecule has 2 saturated heterocycles. The fraction of sp³-hybridized carbons (Fsp3) is 0.786. The maximum absolute atomic E-state index is 4.26. The Labute approximate surface area is 109 Å². The van der Waals surface area contributed by atoms with Crippen molar-refractivity contribution in [2.75, 3.05) is 19.6 Å². The van der Waals surface area contributed by atoms with Crippen molar-refractivity contribution >= 4 is 0 Å². The van der Waals surface area contributed by atoms with Gasteiger partial charge in [0.15, 0.2) is 0 Å². The van der Waals surface area contributed by atoms with Crippen LogP contribution >= 0.6 is 0 Å². The average Bonchev–Trinajstić information content (AvgIpc) is 3.01. The summed E-state index contributed by atoms with van der Waals surface area (Å²) < 4.78 is 1.90. The molecule has 0 radical (unpaired) electrons. The molecule has 0 saturated carbocycles. The zero-order chi connectivity index (χ0) is 12.4. The summed E-state index contributed by atoms with van der Waals surface area (Å²) in [5.41, 5.74) is 1.34. The topological polar surface area (TPSA) is 33.1 Å². The van der Waals surface area contributed by atoms with Gasteiger partial charge in [-0.15, -0.1) is 0 Å². The minimum Gasteiger partial charge on any atom is -0.314 e. The molecule has 1 N–H and O–H groups in total. The number of likely N-dealkylation sites (tertiary alicyclic amines) is 1. The van der Waals surface area contributed by atoms with Crippen LogP contribution in [0.2, 0.25) is 0 Å². The van der Waals surface area contributed by atoms with E-state index in [1.54, 1.807) is 0 Å². The normalized spacial score (nSPS) is 29.8. The standard InChI is InChI=1S/C14H24N4/c1-17-9-12(8-16-17)10-18-7-3-4-13(11-18)14-5-2-6-15-14/h8-9,13-15H,2-7,10-11H2,1H3. The first-order chi connectivity index (χ1) is 8.81. The van der Waals surface area contributed by atoms with E-state index in [1.807, 2.05) is 17.9 Å². The molecule has 0 bridgehead atoms. The predicted octanol–water partition coefficient (Wildman–Crippen LogP) is 1.38. The first-order valence-electron chi connectivity index (χ1n) is 7.24. The second-order valence-corrected chi connectivity index (χ2v) is 5.86. The average molecular weight is 248 g/mol. The molecule has 0 spiro atoms. The lowest BCUT2D eigenvalue weighted by molar-refractivity contribution is 0.145. The highest BCUT2D eigenvalue weighted by Crippen LogP contribution is 2.25. The number of nitrogens with one attached hydrogen (secondary N) is 1. The van der Waals surface area contributed by atoms with Crippen molar-refractivity contribution in [3.8, 4) is 0 Å². The van der Waals surface area contributed by atoms with Gasteiger partial charge in [-0.2, -0.15) is 5.10 Å². The van der Waals surface area contributed by atoms with Crippen LogP contribution in [0.5, 0.6) is 0 Å². The minimum atomic E-state index is 0.779. The molecule has 3 heterocycles. The molecule has 2 fully saturated rings. The zero-order valence-corrected chi connectivity index (χ0v) is 11.3. The molecular formula is C14H24N4. The first kappa shape index (κ1) is 12.2. The molecule has 3 rings (SSSR count). The van der Waals surface area contributed by atoms with E-state index in [-0.39, 0.29) is 0 Å². The molecule has 0 aromatic carbocycles. The monoisotopic (exact) mass is 248 g/mol. The Morgan fingerprint density at radius 3 is 3.06 bits per heavy atom. The van der Waals surface area contributed by atoms with Crippen LogP contribution in [0.3, 0.4) is 0 Å². The quantitative estimate of drug-likeness (QED) is 0.877. The predicted molar refractivity (Wildman–Crippen MR) is 72.2 cm³/mol. The molecule has 2 aliphatic heterocycles. The Kier molecular flexibility index (Phi) is 3.66. The lowest BCUT2D eigenvalue weighted by atomic mass is 9.89. The summed E-state index contributed by atoms with van der Waals surface area (Å²) in [6.07, 6.45) is 9.63. The summed E-state index contributed by atoms with van der Waals surface area (Å²) in [4.78, 5) is 2.60. The van der Waals surface area contributed by atoms with Crippen LogP contribution in [-0.2, 0) is 13.6 Å². The lowest BCUT2D eigenvalue weighted by Gasteiger charge is -2.35. The lowest BCUT2D eigenvalue weighted by Crippen LogP contribution is -2.43. The molecule has 4 heteroatoms. The SMILES string of the molecule is Cn1cc(CN2CCCC(C3CCCN3)C2)cn1. The number of nitrogens with zero attached hydrogens (tertiary/aromatic N) is 3. The number of hydrogen-bond donors (Lipinski definition) is 1. The molecule has 18 heavy (non-hydrogen) atoms. The molecule has 4 nitrogen and oxygen atoms in total. The highest BCUT2D eigenvalue weighted by atomic mass is 15.2. The third-order valence-corrected chi connectivity index (χ3v) is 4.37. The van der Waals surface area contributed by atoms with Crippen molar-refractivity contribution in [2.24, 2.45) is 13.0 Å². The Morgan fingerprint density at radius 2 is 2.33 bits per heavy atom. The van der Waals surface area contributed by atoms with E-state index < -0.39 is 0 Å². The van der Waals surface area contributed by atoms with Crippen LogP contribution in [-0.4, -0.2) is 40.4 Å². The van der Waals surface area contributed by atoms with Gasteiger partial charge in [-0.25, -0.2) is 0 Å². The second kappa shape index (κ2) is 5.41. The Bertz CT molecular complexity index is 381. The number of piperidine rings is 1. The number of aromatic nitrogens is 2. The smallest absolute Gasteiger partial charge is 0.0534 e. The molecule has 2 atom stereocenters. The van der Waals surface area contributed by atoms with Crippen molar-refractivity contribution in [1.29, 1.82) is 0 Å².